The minimum absolute atomic E-state index is 0.254. The van der Waals surface area contributed by atoms with E-state index in [2.05, 4.69) is 21.7 Å². The van der Waals surface area contributed by atoms with Crippen molar-refractivity contribution in [2.75, 3.05) is 0 Å². The molecule has 5 rings (SSSR count). The SMILES string of the molecule is Cc1nc2cnc3ccc(-c4ccc(F)cc4)cc3c2n1-c1ccc(C(C)(C)C#N)cc1. The van der Waals surface area contributed by atoms with E-state index in [1.165, 1.54) is 12.1 Å². The van der Waals surface area contributed by atoms with Crippen molar-refractivity contribution in [3.63, 3.8) is 0 Å². The summed E-state index contributed by atoms with van der Waals surface area (Å²) < 4.78 is 15.5. The number of rotatable bonds is 3. The van der Waals surface area contributed by atoms with Crippen LogP contribution in [0.5, 0.6) is 0 Å². The van der Waals surface area contributed by atoms with E-state index in [9.17, 15) is 9.65 Å². The molecular weight excluding hydrogens is 399 g/mol. The van der Waals surface area contributed by atoms with Gasteiger partial charge in [-0.25, -0.2) is 9.37 Å². The lowest BCUT2D eigenvalue weighted by molar-refractivity contribution is 0.628. The number of aromatic nitrogens is 3. The molecule has 32 heavy (non-hydrogen) atoms. The zero-order valence-electron chi connectivity index (χ0n) is 18.1. The second-order valence-electron chi connectivity index (χ2n) is 8.51. The summed E-state index contributed by atoms with van der Waals surface area (Å²) in [6, 6.07) is 23.0. The topological polar surface area (TPSA) is 54.5 Å². The average molecular weight is 420 g/mol. The Labute approximate surface area is 185 Å². The van der Waals surface area contributed by atoms with Crippen LogP contribution in [0.4, 0.5) is 4.39 Å². The van der Waals surface area contributed by atoms with Crippen LogP contribution in [0.1, 0.15) is 25.2 Å². The molecule has 5 heteroatoms. The van der Waals surface area contributed by atoms with Crippen molar-refractivity contribution < 1.29 is 4.39 Å². The summed E-state index contributed by atoms with van der Waals surface area (Å²) in [5, 5.41) is 10.4. The average Bonchev–Trinajstić information content (AvgIpc) is 3.15. The predicted molar refractivity (Wildman–Crippen MR) is 125 cm³/mol. The predicted octanol–water partition coefficient (Wildman–Crippen LogP) is 6.49. The van der Waals surface area contributed by atoms with E-state index in [1.54, 1.807) is 18.3 Å². The van der Waals surface area contributed by atoms with Gasteiger partial charge in [0.25, 0.3) is 0 Å². The number of aryl methyl sites for hydroxylation is 1. The molecule has 0 aliphatic heterocycles. The molecule has 0 aliphatic carbocycles. The van der Waals surface area contributed by atoms with Crippen molar-refractivity contribution in [2.24, 2.45) is 0 Å². The fraction of sp³-hybridized carbons (Fsp3) is 0.148. The molecule has 2 aromatic heterocycles. The lowest BCUT2D eigenvalue weighted by Crippen LogP contribution is -2.13. The molecule has 0 bridgehead atoms. The number of hydrogen-bond acceptors (Lipinski definition) is 3. The molecule has 0 saturated carbocycles. The second kappa shape index (κ2) is 7.28. The molecule has 0 aliphatic rings. The van der Waals surface area contributed by atoms with Gasteiger partial charge >= 0.3 is 0 Å². The summed E-state index contributed by atoms with van der Waals surface area (Å²) in [7, 11) is 0. The summed E-state index contributed by atoms with van der Waals surface area (Å²) in [4.78, 5) is 9.33. The van der Waals surface area contributed by atoms with Gasteiger partial charge in [-0.3, -0.25) is 9.55 Å². The maximum Gasteiger partial charge on any atom is 0.123 e. The fourth-order valence-electron chi connectivity index (χ4n) is 4.10. The molecule has 3 aromatic carbocycles. The van der Waals surface area contributed by atoms with Gasteiger partial charge in [0.2, 0.25) is 0 Å². The first-order valence-corrected chi connectivity index (χ1v) is 10.4. The van der Waals surface area contributed by atoms with Gasteiger partial charge in [-0.1, -0.05) is 30.3 Å². The zero-order valence-corrected chi connectivity index (χ0v) is 18.1. The summed E-state index contributed by atoms with van der Waals surface area (Å²) >= 11 is 0. The van der Waals surface area contributed by atoms with Crippen LogP contribution in [-0.4, -0.2) is 14.5 Å². The van der Waals surface area contributed by atoms with E-state index in [1.807, 2.05) is 57.2 Å². The van der Waals surface area contributed by atoms with E-state index in [4.69, 9.17) is 4.98 Å². The van der Waals surface area contributed by atoms with E-state index in [-0.39, 0.29) is 5.82 Å². The van der Waals surface area contributed by atoms with Gasteiger partial charge in [0, 0.05) is 11.1 Å². The highest BCUT2D eigenvalue weighted by Crippen LogP contribution is 2.32. The Morgan fingerprint density at radius 2 is 1.59 bits per heavy atom. The van der Waals surface area contributed by atoms with Gasteiger partial charge in [-0.15, -0.1) is 0 Å². The number of nitrogens with zero attached hydrogens (tertiary/aromatic N) is 4. The smallest absolute Gasteiger partial charge is 0.123 e. The third kappa shape index (κ3) is 3.21. The van der Waals surface area contributed by atoms with Crippen LogP contribution in [0.15, 0.2) is 72.9 Å². The van der Waals surface area contributed by atoms with Gasteiger partial charge < -0.3 is 0 Å². The van der Waals surface area contributed by atoms with Crippen molar-refractivity contribution in [3.8, 4) is 22.9 Å². The van der Waals surface area contributed by atoms with E-state index >= 15 is 0 Å². The number of imidazole rings is 1. The molecule has 0 radical (unpaired) electrons. The van der Waals surface area contributed by atoms with Crippen LogP contribution in [0.25, 0.3) is 38.8 Å². The summed E-state index contributed by atoms with van der Waals surface area (Å²) in [5.74, 6) is 0.601. The first-order valence-electron chi connectivity index (χ1n) is 10.4. The van der Waals surface area contributed by atoms with Crippen molar-refractivity contribution in [1.29, 1.82) is 5.26 Å². The molecule has 0 unspecified atom stereocenters. The highest BCUT2D eigenvalue weighted by molar-refractivity contribution is 6.04. The fourth-order valence-corrected chi connectivity index (χ4v) is 4.10. The third-order valence-corrected chi connectivity index (χ3v) is 5.95. The van der Waals surface area contributed by atoms with Crippen LogP contribution in [0.3, 0.4) is 0 Å². The quantitative estimate of drug-likeness (QED) is 0.335. The summed E-state index contributed by atoms with van der Waals surface area (Å²) in [6.07, 6.45) is 1.80. The van der Waals surface area contributed by atoms with Crippen molar-refractivity contribution in [3.05, 3.63) is 90.1 Å². The van der Waals surface area contributed by atoms with Gasteiger partial charge in [0.15, 0.2) is 0 Å². The Balaban J connectivity index is 1.73. The maximum absolute atomic E-state index is 13.4. The molecule has 0 saturated heterocycles. The first-order chi connectivity index (χ1) is 15.4. The van der Waals surface area contributed by atoms with E-state index < -0.39 is 5.41 Å². The summed E-state index contributed by atoms with van der Waals surface area (Å²) in [6.45, 7) is 5.80. The third-order valence-electron chi connectivity index (χ3n) is 5.95. The minimum Gasteiger partial charge on any atom is -0.296 e. The maximum atomic E-state index is 13.4. The number of pyridine rings is 1. The highest BCUT2D eigenvalue weighted by Gasteiger charge is 2.20. The van der Waals surface area contributed by atoms with E-state index in [0.29, 0.717) is 0 Å². The molecule has 0 amide bonds. The van der Waals surface area contributed by atoms with Crippen LogP contribution in [-0.2, 0) is 5.41 Å². The first kappa shape index (κ1) is 19.9. The molecule has 0 N–H and O–H groups in total. The standard InChI is InChI=1S/C27H21FN4/c1-17-31-25-15-30-24-13-6-19(18-4-9-21(28)10-5-18)14-23(24)26(25)32(17)22-11-7-20(8-12-22)27(2,3)16-29/h4-15H,1-3H3. The Kier molecular flexibility index (Phi) is 4.53. The number of hydrogen-bond donors (Lipinski definition) is 0. The van der Waals surface area contributed by atoms with Crippen molar-refractivity contribution >= 4 is 21.9 Å². The van der Waals surface area contributed by atoms with Crippen LogP contribution < -0.4 is 0 Å². The molecule has 2 heterocycles. The molecule has 4 nitrogen and oxygen atoms in total. The largest absolute Gasteiger partial charge is 0.296 e. The zero-order chi connectivity index (χ0) is 22.5. The molecular formula is C27H21FN4. The van der Waals surface area contributed by atoms with Crippen molar-refractivity contribution in [2.45, 2.75) is 26.2 Å². The van der Waals surface area contributed by atoms with Crippen molar-refractivity contribution in [1.82, 2.24) is 14.5 Å². The summed E-state index contributed by atoms with van der Waals surface area (Å²) in [5.41, 5.74) is 5.98. The molecule has 0 atom stereocenters. The van der Waals surface area contributed by atoms with Crippen LogP contribution in [0.2, 0.25) is 0 Å². The molecule has 0 fully saturated rings. The highest BCUT2D eigenvalue weighted by atomic mass is 19.1. The van der Waals surface area contributed by atoms with E-state index in [0.717, 1.165) is 50.1 Å². The minimum atomic E-state index is -0.550. The van der Waals surface area contributed by atoms with Gasteiger partial charge in [0.05, 0.1) is 28.7 Å². The Hall–Kier alpha value is -4.04. The Morgan fingerprint density at radius 1 is 0.906 bits per heavy atom. The lowest BCUT2D eigenvalue weighted by atomic mass is 9.86. The van der Waals surface area contributed by atoms with Crippen LogP contribution >= 0.6 is 0 Å². The van der Waals surface area contributed by atoms with Gasteiger partial charge in [-0.05, 0) is 73.9 Å². The molecule has 5 aromatic rings. The Morgan fingerprint density at radius 3 is 2.28 bits per heavy atom. The van der Waals surface area contributed by atoms with Gasteiger partial charge in [0.1, 0.15) is 17.2 Å². The number of halogens is 1. The number of benzene rings is 3. The van der Waals surface area contributed by atoms with Crippen LogP contribution in [0, 0.1) is 24.1 Å². The monoisotopic (exact) mass is 420 g/mol. The normalized spacial score (nSPS) is 11.7. The van der Waals surface area contributed by atoms with Gasteiger partial charge in [-0.2, -0.15) is 5.26 Å². The Bertz CT molecular complexity index is 1500. The molecule has 0 spiro atoms. The number of nitriles is 1. The lowest BCUT2D eigenvalue weighted by Gasteiger charge is -2.17. The molecule has 156 valence electrons. The second-order valence-corrected chi connectivity index (χ2v) is 8.51. The number of fused-ring (bicyclic) bond motifs is 3.